The Bertz CT molecular complexity index is 1400. The van der Waals surface area contributed by atoms with Crippen molar-refractivity contribution < 1.29 is 113 Å². The number of benzene rings is 2. The zero-order valence-corrected chi connectivity index (χ0v) is 40.1. The van der Waals surface area contributed by atoms with Gasteiger partial charge in [-0.2, -0.15) is 8.78 Å². The largest absolute Gasteiger partial charge is 1.00 e. The maximum Gasteiger partial charge on any atom is 1.00 e. The molecule has 0 aliphatic heterocycles. The van der Waals surface area contributed by atoms with E-state index in [1.807, 2.05) is 12.2 Å². The van der Waals surface area contributed by atoms with Gasteiger partial charge < -0.3 is 26.2 Å². The third-order valence-electron chi connectivity index (χ3n) is 10.3. The van der Waals surface area contributed by atoms with Crippen molar-refractivity contribution in [3.05, 3.63) is 85.5 Å². The van der Waals surface area contributed by atoms with E-state index < -0.39 is 30.4 Å². The van der Waals surface area contributed by atoms with Crippen LogP contribution in [-0.2, 0) is 9.68 Å². The van der Waals surface area contributed by atoms with Crippen molar-refractivity contribution in [1.29, 1.82) is 0 Å². The zero-order valence-electron chi connectivity index (χ0n) is 36.0. The number of carbonyl (C=O) groups is 1. The third kappa shape index (κ3) is 20.9. The molecule has 3 aliphatic rings. The molecule has 6 nitrogen and oxygen atoms in total. The van der Waals surface area contributed by atoms with E-state index >= 15 is 0 Å². The van der Waals surface area contributed by atoms with E-state index in [0.29, 0.717) is 18.4 Å². The summed E-state index contributed by atoms with van der Waals surface area (Å²) in [5.41, 5.74) is -0.752. The summed E-state index contributed by atoms with van der Waals surface area (Å²) < 4.78 is 84.8. The Balaban J connectivity index is -0.000000858. The molecule has 0 atom stereocenters. The smallest absolute Gasteiger partial charge is 1.00 e. The molecule has 0 aromatic heterocycles. The molecule has 3 saturated carbocycles. The first-order chi connectivity index (χ1) is 27.0. The molecule has 57 heavy (non-hydrogen) atoms. The van der Waals surface area contributed by atoms with Crippen molar-refractivity contribution in [2.75, 3.05) is 31.4 Å². The number of allylic oxidation sites excluding steroid dienone is 3. The number of alkyl halides is 2. The van der Waals surface area contributed by atoms with E-state index in [1.165, 1.54) is 80.1 Å². The van der Waals surface area contributed by atoms with Crippen LogP contribution in [0.4, 0.5) is 22.0 Å². The molecule has 2 aromatic rings. The van der Waals surface area contributed by atoms with Gasteiger partial charge in [0, 0.05) is 22.2 Å². The van der Waals surface area contributed by atoms with Crippen molar-refractivity contribution in [2.24, 2.45) is 35.5 Å². The number of carbonyl (C=O) groups excluding carboxylic acids is 1. The van der Waals surface area contributed by atoms with Crippen molar-refractivity contribution in [2.45, 2.75) is 84.0 Å². The first-order valence-electron chi connectivity index (χ1n) is 19.6. The van der Waals surface area contributed by atoms with E-state index in [2.05, 4.69) is 53.3 Å². The monoisotopic (exact) mass is 941 g/mol. The molecule has 0 radical (unpaired) electrons. The summed E-state index contributed by atoms with van der Waals surface area (Å²) in [6.45, 7) is 13.7. The molecule has 5 rings (SSSR count). The van der Waals surface area contributed by atoms with Crippen LogP contribution in [0.2, 0.25) is 0 Å². The van der Waals surface area contributed by atoms with Gasteiger partial charge in [0.05, 0.1) is 21.7 Å². The van der Waals surface area contributed by atoms with Crippen LogP contribution in [0.15, 0.2) is 62.2 Å². The van der Waals surface area contributed by atoms with Gasteiger partial charge in [0.15, 0.2) is 23.1 Å². The van der Waals surface area contributed by atoms with Gasteiger partial charge in [-0.15, -0.1) is 19.7 Å². The van der Waals surface area contributed by atoms with Gasteiger partial charge in [-0.1, -0.05) is 40.8 Å². The van der Waals surface area contributed by atoms with Crippen LogP contribution in [0.25, 0.3) is 11.1 Å². The molecule has 0 bridgehead atoms. The van der Waals surface area contributed by atoms with E-state index in [9.17, 15) is 22.0 Å². The summed E-state index contributed by atoms with van der Waals surface area (Å²) in [4.78, 5) is 11.2. The first-order valence-corrected chi connectivity index (χ1v) is 20.4. The topological polar surface area (TPSA) is 88.0 Å². The molecule has 0 saturated heterocycles. The first kappa shape index (κ1) is 56.0. The van der Waals surface area contributed by atoms with E-state index in [-0.39, 0.29) is 109 Å². The average molecular weight is 942 g/mol. The van der Waals surface area contributed by atoms with Crippen LogP contribution in [0.3, 0.4) is 0 Å². The van der Waals surface area contributed by atoms with Crippen LogP contribution >= 0.6 is 22.6 Å². The fourth-order valence-corrected chi connectivity index (χ4v) is 7.72. The number of hydrogen-bond donors (Lipinski definition) is 1. The summed E-state index contributed by atoms with van der Waals surface area (Å²) in [6.07, 6.45) is 20.5. The molecule has 0 amide bonds. The Morgan fingerprint density at radius 2 is 1.09 bits per heavy atom. The van der Waals surface area contributed by atoms with Gasteiger partial charge in [0.1, 0.15) is 0 Å². The van der Waals surface area contributed by atoms with Crippen LogP contribution in [0.1, 0.15) is 86.8 Å². The fourth-order valence-electron chi connectivity index (χ4n) is 6.84. The second-order valence-corrected chi connectivity index (χ2v) is 14.7. The van der Waals surface area contributed by atoms with Crippen LogP contribution in [-0.4, -0.2) is 43.0 Å². The van der Waals surface area contributed by atoms with Crippen molar-refractivity contribution in [1.82, 2.24) is 0 Å². The SMILES string of the molecule is C=CC1CCC(CI)CC1.C=CC1CCC(CO)CC1.C=CC1CCC(COc2ccc(-c3ccc(OCC)c(F)c3F)c(F)c2F)CC1.O=CO[O-].[2H]CF.[H-].[Na+].[Na+]. The minimum absolute atomic E-state index is 0. The predicted molar refractivity (Wildman–Crippen MR) is 217 cm³/mol. The van der Waals surface area contributed by atoms with Gasteiger partial charge >= 0.3 is 59.1 Å². The third-order valence-corrected chi connectivity index (χ3v) is 11.6. The quantitative estimate of drug-likeness (QED) is 0.0461. The van der Waals surface area contributed by atoms with E-state index in [1.54, 1.807) is 6.92 Å². The van der Waals surface area contributed by atoms with Gasteiger partial charge in [-0.25, -0.2) is 8.78 Å². The molecule has 2 aromatic carbocycles. The van der Waals surface area contributed by atoms with Crippen molar-refractivity contribution in [3.63, 3.8) is 0 Å². The Kier molecular flexibility index (Phi) is 34.1. The van der Waals surface area contributed by atoms with Crippen LogP contribution in [0, 0.1) is 58.8 Å². The Hall–Kier alpha value is -0.970. The Morgan fingerprint density at radius 3 is 1.40 bits per heavy atom. The fraction of sp³-hybridized carbons (Fsp3) is 0.558. The maximum atomic E-state index is 14.6. The standard InChI is InChI=1S/C23H24F4O2.C9H15I.C9H16O.CH3F.CH2O3.2Na.H/c1-3-14-5-7-15(8-6-14)13-29-19-12-10-17(21(25)23(19)27)16-9-11-18(28-4-2)22(26)20(16)24;2*1-2-8-3-5-9(7-10)6-4-8;1-2;2-1-4-3;;;/h3,9-12,14-15H,1,4-8,13H2,2H3;2,8-9H,1,3-7H2;2,8-10H,1,3-7H2;1H3;1,3H;;;/q;;;;;2*+1;-1/p-1/i;;;1D;;;;. The molecular formula is C43H60F5INa2O6. The summed E-state index contributed by atoms with van der Waals surface area (Å²) in [5, 5.41) is 17.3. The average Bonchev–Trinajstić information content (AvgIpc) is 3.24. The number of halogens is 6. The van der Waals surface area contributed by atoms with Crippen molar-refractivity contribution >= 4 is 29.1 Å². The molecular weight excluding hydrogens is 880 g/mol. The minimum Gasteiger partial charge on any atom is -1.00 e. The number of aliphatic hydroxyl groups is 1. The second kappa shape index (κ2) is 34.7. The summed E-state index contributed by atoms with van der Waals surface area (Å²) >= 11 is 2.50. The normalized spacial score (nSPS) is 22.2. The summed E-state index contributed by atoms with van der Waals surface area (Å²) in [5.74, 6) is -1.60. The molecule has 312 valence electrons. The molecule has 14 heteroatoms. The Morgan fingerprint density at radius 1 is 0.737 bits per heavy atom. The van der Waals surface area contributed by atoms with Gasteiger partial charge in [0.2, 0.25) is 11.6 Å². The molecule has 3 aliphatic carbocycles. The molecule has 0 unspecified atom stereocenters. The van der Waals surface area contributed by atoms with Crippen LogP contribution < -0.4 is 73.8 Å². The molecule has 1 N–H and O–H groups in total. The molecule has 0 heterocycles. The van der Waals surface area contributed by atoms with Crippen molar-refractivity contribution in [3.8, 4) is 22.6 Å². The number of hydrogen-bond acceptors (Lipinski definition) is 6. The number of aliphatic hydroxyl groups excluding tert-OH is 1. The maximum absolute atomic E-state index is 14.6. The number of rotatable bonds is 12. The van der Waals surface area contributed by atoms with Gasteiger partial charge in [-0.05, 0) is 144 Å². The summed E-state index contributed by atoms with van der Waals surface area (Å²) in [6, 6.07) is 4.80. The van der Waals surface area contributed by atoms with Crippen LogP contribution in [0.5, 0.6) is 11.5 Å². The van der Waals surface area contributed by atoms with Gasteiger partial charge in [-0.3, -0.25) is 9.18 Å². The van der Waals surface area contributed by atoms with E-state index in [0.717, 1.165) is 43.4 Å². The minimum atomic E-state index is -1.29. The molecule has 0 spiro atoms. The van der Waals surface area contributed by atoms with E-state index in [4.69, 9.17) is 26.0 Å². The number of ether oxygens (including phenoxy) is 2. The van der Waals surface area contributed by atoms with Gasteiger partial charge in [0.25, 0.3) is 6.47 Å². The zero-order chi connectivity index (χ0) is 41.9. The second-order valence-electron chi connectivity index (χ2n) is 13.8. The Labute approximate surface area is 398 Å². The summed E-state index contributed by atoms with van der Waals surface area (Å²) in [7, 11) is -1.00. The molecule has 3 fully saturated rings. The predicted octanol–water partition coefficient (Wildman–Crippen LogP) is 5.21.